The van der Waals surface area contributed by atoms with E-state index >= 15 is 0 Å². The van der Waals surface area contributed by atoms with Crippen LogP contribution in [0.4, 0.5) is 14.6 Å². The predicted octanol–water partition coefficient (Wildman–Crippen LogP) is 3.12. The molecule has 0 spiro atoms. The maximum absolute atomic E-state index is 13.6. The van der Waals surface area contributed by atoms with Crippen molar-refractivity contribution < 1.29 is 8.78 Å². The quantitative estimate of drug-likeness (QED) is 0.509. The Bertz CT molecular complexity index is 587. The fourth-order valence-electron chi connectivity index (χ4n) is 1.67. The molecule has 2 aromatic rings. The lowest BCUT2D eigenvalue weighted by Gasteiger charge is -2.10. The Morgan fingerprint density at radius 1 is 1.35 bits per heavy atom. The molecule has 0 amide bonds. The third-order valence-electron chi connectivity index (χ3n) is 2.54. The van der Waals surface area contributed by atoms with Crippen molar-refractivity contribution >= 4 is 32.7 Å². The fourth-order valence-corrected chi connectivity index (χ4v) is 2.09. The molecule has 0 saturated heterocycles. The van der Waals surface area contributed by atoms with Crippen molar-refractivity contribution in [3.05, 3.63) is 33.8 Å². The first-order chi connectivity index (χ1) is 8.08. The van der Waals surface area contributed by atoms with Gasteiger partial charge >= 0.3 is 0 Å². The summed E-state index contributed by atoms with van der Waals surface area (Å²) in [7, 11) is 0. The van der Waals surface area contributed by atoms with Crippen molar-refractivity contribution in [3.63, 3.8) is 0 Å². The summed E-state index contributed by atoms with van der Waals surface area (Å²) in [6, 6.07) is 2.47. The highest BCUT2D eigenvalue weighted by molar-refractivity contribution is 9.10. The second kappa shape index (κ2) is 4.54. The molecular weight excluding hydrogens is 292 g/mol. The number of nitrogens with two attached hydrogens (primary N) is 1. The van der Waals surface area contributed by atoms with Crippen LogP contribution in [-0.2, 0) is 6.42 Å². The van der Waals surface area contributed by atoms with E-state index in [2.05, 4.69) is 26.3 Å². The number of hydrazine groups is 1. The largest absolute Gasteiger partial charge is 0.308 e. The van der Waals surface area contributed by atoms with Crippen LogP contribution in [0, 0.1) is 11.6 Å². The number of hydrogen-bond acceptors (Lipinski definition) is 3. The molecule has 0 fully saturated rings. The van der Waals surface area contributed by atoms with Crippen LogP contribution in [0.5, 0.6) is 0 Å². The molecule has 90 valence electrons. The lowest BCUT2D eigenvalue weighted by Crippen LogP contribution is -2.11. The third-order valence-corrected chi connectivity index (χ3v) is 3.35. The van der Waals surface area contributed by atoms with Gasteiger partial charge < -0.3 is 5.43 Å². The van der Waals surface area contributed by atoms with Crippen LogP contribution >= 0.6 is 15.9 Å². The molecule has 1 aromatic heterocycles. The highest BCUT2D eigenvalue weighted by Crippen LogP contribution is 2.30. The van der Waals surface area contributed by atoms with Crippen LogP contribution < -0.4 is 11.3 Å². The van der Waals surface area contributed by atoms with Gasteiger partial charge in [-0.25, -0.2) is 19.6 Å². The summed E-state index contributed by atoms with van der Waals surface area (Å²) >= 11 is 3.09. The first-order valence-corrected chi connectivity index (χ1v) is 5.81. The number of fused-ring (bicyclic) bond motifs is 1. The molecule has 0 aliphatic carbocycles. The smallest absolute Gasteiger partial charge is 0.152 e. The van der Waals surface area contributed by atoms with Gasteiger partial charge in [-0.05, 0) is 34.0 Å². The topological polar surface area (TPSA) is 50.9 Å². The van der Waals surface area contributed by atoms with Gasteiger partial charge in [-0.3, -0.25) is 0 Å². The summed E-state index contributed by atoms with van der Waals surface area (Å²) in [5, 5.41) is 0.401. The van der Waals surface area contributed by atoms with Crippen molar-refractivity contribution in [2.45, 2.75) is 13.3 Å². The first-order valence-electron chi connectivity index (χ1n) is 5.02. The van der Waals surface area contributed by atoms with Gasteiger partial charge in [0.25, 0.3) is 0 Å². The number of rotatable bonds is 2. The molecule has 0 atom stereocenters. The van der Waals surface area contributed by atoms with Crippen molar-refractivity contribution in [1.29, 1.82) is 0 Å². The van der Waals surface area contributed by atoms with E-state index in [1.807, 2.05) is 6.92 Å². The minimum atomic E-state index is -0.708. The highest BCUT2D eigenvalue weighted by atomic mass is 79.9. The Labute approximate surface area is 105 Å². The summed E-state index contributed by atoms with van der Waals surface area (Å²) < 4.78 is 27.2. The van der Waals surface area contributed by atoms with Crippen LogP contribution in [0.1, 0.15) is 12.5 Å². The Morgan fingerprint density at radius 2 is 2.06 bits per heavy atom. The SMILES string of the molecule is CCc1cc2c(Br)c(F)cc(F)c2nc1NN. The van der Waals surface area contributed by atoms with Crippen molar-refractivity contribution in [3.8, 4) is 0 Å². The molecule has 0 radical (unpaired) electrons. The molecule has 1 heterocycles. The molecule has 0 unspecified atom stereocenters. The zero-order valence-electron chi connectivity index (χ0n) is 9.02. The number of nitrogen functional groups attached to an aromatic ring is 1. The number of aromatic nitrogens is 1. The van der Waals surface area contributed by atoms with Gasteiger partial charge in [0.15, 0.2) is 5.82 Å². The molecule has 0 saturated carbocycles. The lowest BCUT2D eigenvalue weighted by molar-refractivity contribution is 0.586. The van der Waals surface area contributed by atoms with Crippen LogP contribution in [0.15, 0.2) is 16.6 Å². The maximum Gasteiger partial charge on any atom is 0.152 e. The van der Waals surface area contributed by atoms with Gasteiger partial charge in [0, 0.05) is 11.5 Å². The Hall–Kier alpha value is -1.27. The number of hydrogen-bond donors (Lipinski definition) is 2. The maximum atomic E-state index is 13.6. The summed E-state index contributed by atoms with van der Waals surface area (Å²) in [4.78, 5) is 4.06. The summed E-state index contributed by atoms with van der Waals surface area (Å²) in [5.74, 6) is 4.36. The average molecular weight is 302 g/mol. The van der Waals surface area contributed by atoms with Crippen LogP contribution in [-0.4, -0.2) is 4.98 Å². The van der Waals surface area contributed by atoms with Crippen molar-refractivity contribution in [1.82, 2.24) is 4.98 Å². The fraction of sp³-hybridized carbons (Fsp3) is 0.182. The van der Waals surface area contributed by atoms with Crippen LogP contribution in [0.25, 0.3) is 10.9 Å². The van der Waals surface area contributed by atoms with E-state index in [1.165, 1.54) is 0 Å². The predicted molar refractivity (Wildman–Crippen MR) is 66.5 cm³/mol. The lowest BCUT2D eigenvalue weighted by atomic mass is 10.1. The highest BCUT2D eigenvalue weighted by Gasteiger charge is 2.14. The normalized spacial score (nSPS) is 10.9. The van der Waals surface area contributed by atoms with E-state index in [-0.39, 0.29) is 9.99 Å². The summed E-state index contributed by atoms with van der Waals surface area (Å²) in [5.41, 5.74) is 3.30. The monoisotopic (exact) mass is 301 g/mol. The minimum absolute atomic E-state index is 0.0865. The van der Waals surface area contributed by atoms with E-state index in [4.69, 9.17) is 5.84 Å². The zero-order chi connectivity index (χ0) is 12.6. The van der Waals surface area contributed by atoms with E-state index in [9.17, 15) is 8.78 Å². The van der Waals surface area contributed by atoms with Crippen molar-refractivity contribution in [2.24, 2.45) is 5.84 Å². The van der Waals surface area contributed by atoms with Gasteiger partial charge in [0.05, 0.1) is 4.47 Å². The van der Waals surface area contributed by atoms with Gasteiger partial charge in [-0.1, -0.05) is 6.92 Å². The zero-order valence-corrected chi connectivity index (χ0v) is 10.6. The second-order valence-corrected chi connectivity index (χ2v) is 4.34. The minimum Gasteiger partial charge on any atom is -0.308 e. The molecule has 3 nitrogen and oxygen atoms in total. The number of anilines is 1. The van der Waals surface area contributed by atoms with Gasteiger partial charge in [-0.2, -0.15) is 0 Å². The Balaban J connectivity index is 2.87. The van der Waals surface area contributed by atoms with Crippen LogP contribution in [0.2, 0.25) is 0 Å². The first kappa shape index (κ1) is 12.2. The molecule has 0 bridgehead atoms. The van der Waals surface area contributed by atoms with E-state index < -0.39 is 11.6 Å². The van der Waals surface area contributed by atoms with E-state index in [1.54, 1.807) is 6.07 Å². The van der Waals surface area contributed by atoms with Gasteiger partial charge in [-0.15, -0.1) is 0 Å². The number of nitrogens with zero attached hydrogens (tertiary/aromatic N) is 1. The molecule has 1 aromatic carbocycles. The molecule has 3 N–H and O–H groups in total. The standard InChI is InChI=1S/C11H10BrF2N3/c1-2-5-3-6-9(12)7(13)4-8(14)10(6)16-11(5)17-15/h3-4H,2,15H2,1H3,(H,16,17). The third kappa shape index (κ3) is 1.98. The number of nitrogens with one attached hydrogen (secondary N) is 1. The molecule has 0 aliphatic heterocycles. The van der Waals surface area contributed by atoms with Gasteiger partial charge in [0.2, 0.25) is 0 Å². The summed E-state index contributed by atoms with van der Waals surface area (Å²) in [6.45, 7) is 1.91. The molecule has 2 rings (SSSR count). The Kier molecular flexibility index (Phi) is 3.26. The number of halogens is 3. The Morgan fingerprint density at radius 3 is 2.65 bits per heavy atom. The van der Waals surface area contributed by atoms with E-state index in [0.717, 1.165) is 11.6 Å². The van der Waals surface area contributed by atoms with Crippen molar-refractivity contribution in [2.75, 3.05) is 5.43 Å². The molecule has 0 aliphatic rings. The van der Waals surface area contributed by atoms with Crippen LogP contribution in [0.3, 0.4) is 0 Å². The number of pyridine rings is 1. The summed E-state index contributed by atoms with van der Waals surface area (Å²) in [6.07, 6.45) is 0.660. The number of benzene rings is 1. The average Bonchev–Trinajstić information content (AvgIpc) is 2.34. The van der Waals surface area contributed by atoms with Gasteiger partial charge in [0.1, 0.15) is 17.2 Å². The molecule has 6 heteroatoms. The molecule has 17 heavy (non-hydrogen) atoms. The number of aryl methyl sites for hydroxylation is 1. The second-order valence-electron chi connectivity index (χ2n) is 3.54. The molecular formula is C11H10BrF2N3. The van der Waals surface area contributed by atoms with E-state index in [0.29, 0.717) is 17.6 Å².